The maximum Gasteiger partial charge on any atom is 0.00868 e. The molecule has 0 radical (unpaired) electrons. The summed E-state index contributed by atoms with van der Waals surface area (Å²) < 4.78 is 0. The molecule has 1 saturated heterocycles. The van der Waals surface area contributed by atoms with Crippen LogP contribution >= 0.6 is 0 Å². The smallest absolute Gasteiger partial charge is 0.00868 e. The Morgan fingerprint density at radius 3 is 2.57 bits per heavy atom. The van der Waals surface area contributed by atoms with Gasteiger partial charge in [-0.3, -0.25) is 0 Å². The summed E-state index contributed by atoms with van der Waals surface area (Å²) in [4.78, 5) is 2.50. The van der Waals surface area contributed by atoms with Gasteiger partial charge in [-0.25, -0.2) is 0 Å². The summed E-state index contributed by atoms with van der Waals surface area (Å²) in [5.74, 6) is 1.69. The van der Waals surface area contributed by atoms with Crippen LogP contribution in [0, 0.1) is 11.8 Å². The summed E-state index contributed by atoms with van der Waals surface area (Å²) in [5, 5.41) is 3.43. The van der Waals surface area contributed by atoms with Crippen LogP contribution < -0.4 is 5.32 Å². The highest BCUT2D eigenvalue weighted by atomic mass is 15.1. The first-order valence-electron chi connectivity index (χ1n) is 6.02. The largest absolute Gasteiger partial charge is 0.316 e. The third kappa shape index (κ3) is 3.58. The minimum absolute atomic E-state index is 0.712. The van der Waals surface area contributed by atoms with Crippen molar-refractivity contribution in [2.24, 2.45) is 11.8 Å². The van der Waals surface area contributed by atoms with Crippen molar-refractivity contribution in [3.05, 3.63) is 0 Å². The normalized spacial score (nSPS) is 24.9. The third-order valence-electron chi connectivity index (χ3n) is 3.71. The highest BCUT2D eigenvalue weighted by Crippen LogP contribution is 2.15. The molecular weight excluding hydrogens is 172 g/mol. The van der Waals surface area contributed by atoms with Gasteiger partial charge in [0.05, 0.1) is 0 Å². The zero-order valence-electron chi connectivity index (χ0n) is 10.2. The molecule has 1 aliphatic rings. The lowest BCUT2D eigenvalue weighted by Gasteiger charge is -2.28. The highest BCUT2D eigenvalue weighted by molar-refractivity contribution is 4.74. The summed E-state index contributed by atoms with van der Waals surface area (Å²) in [6.07, 6.45) is 2.74. The van der Waals surface area contributed by atoms with Crippen LogP contribution in [0.15, 0.2) is 0 Å². The molecule has 1 aliphatic heterocycles. The molecule has 0 saturated carbocycles. The number of rotatable bonds is 5. The van der Waals surface area contributed by atoms with Gasteiger partial charge in [-0.15, -0.1) is 0 Å². The molecule has 0 aromatic carbocycles. The topological polar surface area (TPSA) is 15.3 Å². The van der Waals surface area contributed by atoms with Crippen molar-refractivity contribution >= 4 is 0 Å². The molecule has 0 aromatic rings. The number of nitrogens with zero attached hydrogens (tertiary/aromatic N) is 1. The number of nitrogens with one attached hydrogen (secondary N) is 1. The van der Waals surface area contributed by atoms with Gasteiger partial charge in [-0.2, -0.15) is 0 Å². The number of hydrogen-bond acceptors (Lipinski definition) is 2. The van der Waals surface area contributed by atoms with Gasteiger partial charge in [-0.05, 0) is 58.3 Å². The molecule has 0 aliphatic carbocycles. The molecule has 2 nitrogen and oxygen atoms in total. The van der Waals surface area contributed by atoms with E-state index in [-0.39, 0.29) is 0 Å². The fourth-order valence-electron chi connectivity index (χ4n) is 2.06. The standard InChI is InChI=1S/C12H26N2/c1-10(2)11(3)14(4)8-6-12-5-7-13-9-12/h10-13H,5-9H2,1-4H3. The van der Waals surface area contributed by atoms with Crippen molar-refractivity contribution in [2.45, 2.75) is 39.7 Å². The quantitative estimate of drug-likeness (QED) is 0.726. The van der Waals surface area contributed by atoms with Gasteiger partial charge in [0.2, 0.25) is 0 Å². The zero-order chi connectivity index (χ0) is 10.6. The molecule has 1 fully saturated rings. The Balaban J connectivity index is 2.16. The van der Waals surface area contributed by atoms with E-state index in [0.717, 1.165) is 11.8 Å². The van der Waals surface area contributed by atoms with E-state index in [9.17, 15) is 0 Å². The maximum atomic E-state index is 3.43. The fraction of sp³-hybridized carbons (Fsp3) is 1.00. The average molecular weight is 198 g/mol. The summed E-state index contributed by atoms with van der Waals surface area (Å²) in [6.45, 7) is 10.7. The monoisotopic (exact) mass is 198 g/mol. The average Bonchev–Trinajstić information content (AvgIpc) is 2.65. The summed E-state index contributed by atoms with van der Waals surface area (Å²) in [5.41, 5.74) is 0. The SMILES string of the molecule is CC(C)C(C)N(C)CCC1CCNC1. The molecule has 1 rings (SSSR count). The lowest BCUT2D eigenvalue weighted by Crippen LogP contribution is -2.34. The molecule has 0 amide bonds. The second-order valence-electron chi connectivity index (χ2n) is 5.11. The highest BCUT2D eigenvalue weighted by Gasteiger charge is 2.17. The van der Waals surface area contributed by atoms with Crippen LogP contribution in [0.3, 0.4) is 0 Å². The Hall–Kier alpha value is -0.0800. The van der Waals surface area contributed by atoms with Crippen molar-refractivity contribution in [2.75, 3.05) is 26.7 Å². The van der Waals surface area contributed by atoms with Crippen LogP contribution in [0.25, 0.3) is 0 Å². The fourth-order valence-corrected chi connectivity index (χ4v) is 2.06. The second-order valence-corrected chi connectivity index (χ2v) is 5.11. The molecule has 84 valence electrons. The Kier molecular flexibility index (Phi) is 4.90. The molecule has 0 spiro atoms. The van der Waals surface area contributed by atoms with Crippen LogP contribution in [-0.2, 0) is 0 Å². The van der Waals surface area contributed by atoms with Gasteiger partial charge in [0.1, 0.15) is 0 Å². The first-order valence-corrected chi connectivity index (χ1v) is 6.02. The van der Waals surface area contributed by atoms with E-state index in [4.69, 9.17) is 0 Å². The van der Waals surface area contributed by atoms with Gasteiger partial charge in [0, 0.05) is 6.04 Å². The first kappa shape index (κ1) is 12.0. The van der Waals surface area contributed by atoms with Crippen LogP contribution in [0.1, 0.15) is 33.6 Å². The van der Waals surface area contributed by atoms with Gasteiger partial charge < -0.3 is 10.2 Å². The molecule has 0 bridgehead atoms. The molecule has 14 heavy (non-hydrogen) atoms. The van der Waals surface area contributed by atoms with E-state index in [1.807, 2.05) is 0 Å². The molecule has 1 heterocycles. The lowest BCUT2D eigenvalue weighted by atomic mass is 10.0. The number of hydrogen-bond donors (Lipinski definition) is 1. The minimum atomic E-state index is 0.712. The second kappa shape index (κ2) is 5.72. The van der Waals surface area contributed by atoms with Gasteiger partial charge >= 0.3 is 0 Å². The molecule has 2 heteroatoms. The van der Waals surface area contributed by atoms with Crippen molar-refractivity contribution < 1.29 is 0 Å². The summed E-state index contributed by atoms with van der Waals surface area (Å²) >= 11 is 0. The van der Waals surface area contributed by atoms with Crippen LogP contribution in [0.4, 0.5) is 0 Å². The van der Waals surface area contributed by atoms with Gasteiger partial charge in [0.25, 0.3) is 0 Å². The predicted molar refractivity (Wildman–Crippen MR) is 62.5 cm³/mol. The van der Waals surface area contributed by atoms with Gasteiger partial charge in [-0.1, -0.05) is 13.8 Å². The van der Waals surface area contributed by atoms with E-state index < -0.39 is 0 Å². The first-order chi connectivity index (χ1) is 6.61. The van der Waals surface area contributed by atoms with Crippen LogP contribution in [0.2, 0.25) is 0 Å². The van der Waals surface area contributed by atoms with Gasteiger partial charge in [0.15, 0.2) is 0 Å². The Bertz CT molecular complexity index is 150. The lowest BCUT2D eigenvalue weighted by molar-refractivity contribution is 0.196. The maximum absolute atomic E-state index is 3.43. The Morgan fingerprint density at radius 1 is 1.36 bits per heavy atom. The predicted octanol–water partition coefficient (Wildman–Crippen LogP) is 1.96. The Morgan fingerprint density at radius 2 is 2.07 bits per heavy atom. The molecular formula is C12H26N2. The molecule has 1 N–H and O–H groups in total. The van der Waals surface area contributed by atoms with Crippen LogP contribution in [0.5, 0.6) is 0 Å². The summed E-state index contributed by atoms with van der Waals surface area (Å²) in [7, 11) is 2.26. The van der Waals surface area contributed by atoms with E-state index in [1.54, 1.807) is 0 Å². The van der Waals surface area contributed by atoms with E-state index >= 15 is 0 Å². The van der Waals surface area contributed by atoms with Crippen molar-refractivity contribution in [1.29, 1.82) is 0 Å². The summed E-state index contributed by atoms with van der Waals surface area (Å²) in [6, 6.07) is 0.712. The van der Waals surface area contributed by atoms with Crippen molar-refractivity contribution in [3.63, 3.8) is 0 Å². The molecule has 2 atom stereocenters. The van der Waals surface area contributed by atoms with Crippen LogP contribution in [-0.4, -0.2) is 37.6 Å². The van der Waals surface area contributed by atoms with E-state index in [0.29, 0.717) is 6.04 Å². The third-order valence-corrected chi connectivity index (χ3v) is 3.71. The van der Waals surface area contributed by atoms with Crippen molar-refractivity contribution in [3.8, 4) is 0 Å². The molecule has 2 unspecified atom stereocenters. The minimum Gasteiger partial charge on any atom is -0.316 e. The molecule has 0 aromatic heterocycles. The van der Waals surface area contributed by atoms with E-state index in [2.05, 4.69) is 38.0 Å². The zero-order valence-corrected chi connectivity index (χ0v) is 10.2. The van der Waals surface area contributed by atoms with E-state index in [1.165, 1.54) is 32.5 Å². The Labute approximate surface area is 89.1 Å². The van der Waals surface area contributed by atoms with Crippen molar-refractivity contribution in [1.82, 2.24) is 10.2 Å².